The van der Waals surface area contributed by atoms with Crippen LogP contribution in [0.4, 0.5) is 0 Å². The van der Waals surface area contributed by atoms with Crippen LogP contribution in [0.15, 0.2) is 17.3 Å². The fourth-order valence-electron chi connectivity index (χ4n) is 2.65. The lowest BCUT2D eigenvalue weighted by molar-refractivity contribution is 0.270. The summed E-state index contributed by atoms with van der Waals surface area (Å²) in [5.74, 6) is 0. The summed E-state index contributed by atoms with van der Waals surface area (Å²) in [7, 11) is -3.15. The van der Waals surface area contributed by atoms with E-state index in [1.54, 1.807) is 6.20 Å². The standard InChI is InChI=1S/C13H23N3O2S/c1-3-7-14-11-5-4-6-12(8-11)16-10-13(9-15-16)19(2,17)18/h9-12,14H,3-8H2,1-2H3. The van der Waals surface area contributed by atoms with Gasteiger partial charge in [-0.15, -0.1) is 0 Å². The maximum atomic E-state index is 11.5. The van der Waals surface area contributed by atoms with E-state index in [2.05, 4.69) is 17.3 Å². The molecule has 0 radical (unpaired) electrons. The van der Waals surface area contributed by atoms with Crippen LogP contribution < -0.4 is 5.32 Å². The fraction of sp³-hybridized carbons (Fsp3) is 0.769. The number of nitrogens with one attached hydrogen (secondary N) is 1. The molecule has 1 saturated carbocycles. The Kier molecular flexibility index (Phi) is 4.62. The van der Waals surface area contributed by atoms with Crippen molar-refractivity contribution in [1.29, 1.82) is 0 Å². The predicted octanol–water partition coefficient (Wildman–Crippen LogP) is 1.77. The summed E-state index contributed by atoms with van der Waals surface area (Å²) in [6, 6.07) is 0.850. The highest BCUT2D eigenvalue weighted by Crippen LogP contribution is 2.28. The first-order valence-electron chi connectivity index (χ1n) is 6.98. The second-order valence-corrected chi connectivity index (χ2v) is 7.42. The zero-order valence-electron chi connectivity index (χ0n) is 11.7. The van der Waals surface area contributed by atoms with E-state index >= 15 is 0 Å². The summed E-state index contributed by atoms with van der Waals surface area (Å²) in [6.07, 6.45) is 9.97. The molecule has 0 saturated heterocycles. The van der Waals surface area contributed by atoms with Crippen molar-refractivity contribution in [3.05, 3.63) is 12.4 Å². The molecule has 1 heterocycles. The van der Waals surface area contributed by atoms with Crippen molar-refractivity contribution in [3.63, 3.8) is 0 Å². The lowest BCUT2D eigenvalue weighted by Crippen LogP contribution is -2.35. The maximum absolute atomic E-state index is 11.5. The Hall–Kier alpha value is -0.880. The molecule has 2 atom stereocenters. The van der Waals surface area contributed by atoms with Gasteiger partial charge in [-0.05, 0) is 38.6 Å². The van der Waals surface area contributed by atoms with E-state index in [4.69, 9.17) is 0 Å². The van der Waals surface area contributed by atoms with Crippen molar-refractivity contribution in [2.24, 2.45) is 0 Å². The van der Waals surface area contributed by atoms with Crippen LogP contribution >= 0.6 is 0 Å². The van der Waals surface area contributed by atoms with Crippen LogP contribution in [0.5, 0.6) is 0 Å². The van der Waals surface area contributed by atoms with Crippen LogP contribution in [0.1, 0.15) is 45.1 Å². The smallest absolute Gasteiger partial charge is 0.178 e. The van der Waals surface area contributed by atoms with Gasteiger partial charge in [0.15, 0.2) is 9.84 Å². The van der Waals surface area contributed by atoms with Crippen molar-refractivity contribution in [2.75, 3.05) is 12.8 Å². The molecule has 19 heavy (non-hydrogen) atoms. The van der Waals surface area contributed by atoms with Crippen LogP contribution in [-0.2, 0) is 9.84 Å². The van der Waals surface area contributed by atoms with Gasteiger partial charge in [-0.2, -0.15) is 5.10 Å². The van der Waals surface area contributed by atoms with E-state index < -0.39 is 9.84 Å². The summed E-state index contributed by atoms with van der Waals surface area (Å²) in [5, 5.41) is 7.78. The molecule has 0 aliphatic heterocycles. The first kappa shape index (κ1) is 14.5. The van der Waals surface area contributed by atoms with Crippen molar-refractivity contribution >= 4 is 9.84 Å². The number of sulfone groups is 1. The van der Waals surface area contributed by atoms with Gasteiger partial charge in [0.05, 0.1) is 12.2 Å². The molecule has 1 aromatic heterocycles. The van der Waals surface area contributed by atoms with Crippen LogP contribution in [0, 0.1) is 0 Å². The van der Waals surface area contributed by atoms with Crippen LogP contribution in [0.3, 0.4) is 0 Å². The minimum Gasteiger partial charge on any atom is -0.314 e. The monoisotopic (exact) mass is 285 g/mol. The highest BCUT2D eigenvalue weighted by Gasteiger charge is 2.24. The van der Waals surface area contributed by atoms with E-state index in [0.29, 0.717) is 17.0 Å². The van der Waals surface area contributed by atoms with Gasteiger partial charge in [0.25, 0.3) is 0 Å². The topological polar surface area (TPSA) is 64.0 Å². The lowest BCUT2D eigenvalue weighted by atomic mass is 9.91. The van der Waals surface area contributed by atoms with Gasteiger partial charge in [0, 0.05) is 18.5 Å². The molecule has 108 valence electrons. The molecule has 1 fully saturated rings. The van der Waals surface area contributed by atoms with Gasteiger partial charge in [0.2, 0.25) is 0 Å². The SMILES string of the molecule is CCCNC1CCCC(n2cc(S(C)(=O)=O)cn2)C1. The zero-order valence-corrected chi connectivity index (χ0v) is 12.5. The summed E-state index contributed by atoms with van der Waals surface area (Å²) in [5.41, 5.74) is 0. The molecular formula is C13H23N3O2S. The first-order chi connectivity index (χ1) is 9.00. The average Bonchev–Trinajstić information content (AvgIpc) is 2.86. The number of nitrogens with zero attached hydrogens (tertiary/aromatic N) is 2. The van der Waals surface area contributed by atoms with Crippen molar-refractivity contribution in [3.8, 4) is 0 Å². The summed E-state index contributed by atoms with van der Waals surface area (Å²) >= 11 is 0. The molecule has 0 aromatic carbocycles. The molecule has 0 amide bonds. The Morgan fingerprint density at radius 3 is 2.89 bits per heavy atom. The second kappa shape index (κ2) is 6.05. The fourth-order valence-corrected chi connectivity index (χ4v) is 3.19. The van der Waals surface area contributed by atoms with Gasteiger partial charge in [-0.3, -0.25) is 4.68 Å². The van der Waals surface area contributed by atoms with E-state index in [0.717, 1.165) is 25.8 Å². The van der Waals surface area contributed by atoms with Crippen molar-refractivity contribution in [2.45, 2.75) is 56.0 Å². The number of aromatic nitrogens is 2. The van der Waals surface area contributed by atoms with E-state index in [1.165, 1.54) is 25.3 Å². The Morgan fingerprint density at radius 2 is 2.26 bits per heavy atom. The number of rotatable bonds is 5. The average molecular weight is 285 g/mol. The highest BCUT2D eigenvalue weighted by atomic mass is 32.2. The Balaban J connectivity index is 2.03. The largest absolute Gasteiger partial charge is 0.314 e. The Morgan fingerprint density at radius 1 is 1.47 bits per heavy atom. The van der Waals surface area contributed by atoms with Gasteiger partial charge in [-0.1, -0.05) is 6.92 Å². The van der Waals surface area contributed by atoms with E-state index in [1.807, 2.05) is 4.68 Å². The molecule has 0 spiro atoms. The van der Waals surface area contributed by atoms with Gasteiger partial charge in [-0.25, -0.2) is 8.42 Å². The number of hydrogen-bond donors (Lipinski definition) is 1. The number of hydrogen-bond acceptors (Lipinski definition) is 4. The molecule has 5 nitrogen and oxygen atoms in total. The van der Waals surface area contributed by atoms with E-state index in [-0.39, 0.29) is 0 Å². The molecule has 1 aromatic rings. The third-order valence-electron chi connectivity index (χ3n) is 3.71. The normalized spacial score (nSPS) is 24.5. The van der Waals surface area contributed by atoms with E-state index in [9.17, 15) is 8.42 Å². The molecule has 6 heteroatoms. The molecule has 0 bridgehead atoms. The van der Waals surface area contributed by atoms with Crippen molar-refractivity contribution in [1.82, 2.24) is 15.1 Å². The molecule has 2 unspecified atom stereocenters. The summed E-state index contributed by atoms with van der Waals surface area (Å²) in [4.78, 5) is 0.316. The van der Waals surface area contributed by atoms with Crippen LogP contribution in [-0.4, -0.2) is 37.0 Å². The summed E-state index contributed by atoms with van der Waals surface area (Å²) < 4.78 is 24.8. The Bertz CT molecular complexity index is 510. The lowest BCUT2D eigenvalue weighted by Gasteiger charge is -2.30. The van der Waals surface area contributed by atoms with Crippen LogP contribution in [0.2, 0.25) is 0 Å². The van der Waals surface area contributed by atoms with Gasteiger partial charge < -0.3 is 5.32 Å². The molecular weight excluding hydrogens is 262 g/mol. The van der Waals surface area contributed by atoms with Crippen LogP contribution in [0.25, 0.3) is 0 Å². The molecule has 1 N–H and O–H groups in total. The first-order valence-corrected chi connectivity index (χ1v) is 8.87. The maximum Gasteiger partial charge on any atom is 0.178 e. The molecule has 1 aliphatic rings. The van der Waals surface area contributed by atoms with Crippen molar-refractivity contribution < 1.29 is 8.42 Å². The summed E-state index contributed by atoms with van der Waals surface area (Å²) in [6.45, 7) is 3.21. The Labute approximate surface area is 115 Å². The molecule has 2 rings (SSSR count). The minimum absolute atomic E-state index is 0.316. The second-order valence-electron chi connectivity index (χ2n) is 5.40. The van der Waals surface area contributed by atoms with Gasteiger partial charge >= 0.3 is 0 Å². The third kappa shape index (κ3) is 3.79. The van der Waals surface area contributed by atoms with Gasteiger partial charge in [0.1, 0.15) is 4.90 Å². The quantitative estimate of drug-likeness (QED) is 0.895. The zero-order chi connectivity index (χ0) is 13.9. The minimum atomic E-state index is -3.15. The third-order valence-corrected chi connectivity index (χ3v) is 4.78. The molecule has 1 aliphatic carbocycles. The highest BCUT2D eigenvalue weighted by molar-refractivity contribution is 7.90. The predicted molar refractivity (Wildman–Crippen MR) is 74.9 cm³/mol.